The van der Waals surface area contributed by atoms with Crippen molar-refractivity contribution in [3.05, 3.63) is 58.6 Å². The van der Waals surface area contributed by atoms with Crippen LogP contribution in [-0.4, -0.2) is 15.5 Å². The molecule has 118 valence electrons. The fourth-order valence-corrected chi connectivity index (χ4v) is 4.20. The Bertz CT molecular complexity index is 732. The maximum Gasteiger partial charge on any atom is 0.244 e. The average molecular weight is 384 g/mol. The minimum absolute atomic E-state index is 0.124. The lowest BCUT2D eigenvalue weighted by molar-refractivity contribution is 0.401. The van der Waals surface area contributed by atoms with Crippen molar-refractivity contribution < 1.29 is 13.2 Å². The summed E-state index contributed by atoms with van der Waals surface area (Å²) in [7, 11) is -2.23. The highest BCUT2D eigenvalue weighted by Crippen LogP contribution is 2.29. The van der Waals surface area contributed by atoms with Gasteiger partial charge in [0, 0.05) is 10.5 Å². The molecule has 0 aliphatic heterocycles. The van der Waals surface area contributed by atoms with E-state index in [1.54, 1.807) is 18.2 Å². The van der Waals surface area contributed by atoms with Gasteiger partial charge in [0.2, 0.25) is 10.0 Å². The first kappa shape index (κ1) is 17.0. The number of hydrogen-bond donors (Lipinski definition) is 1. The van der Waals surface area contributed by atoms with Gasteiger partial charge in [-0.2, -0.15) is 0 Å². The third kappa shape index (κ3) is 3.88. The van der Waals surface area contributed by atoms with Crippen molar-refractivity contribution in [2.45, 2.75) is 24.3 Å². The van der Waals surface area contributed by atoms with Gasteiger partial charge in [-0.3, -0.25) is 0 Å². The molecular formula is C16H18BrNO3S. The van der Waals surface area contributed by atoms with Crippen molar-refractivity contribution >= 4 is 26.0 Å². The summed E-state index contributed by atoms with van der Waals surface area (Å²) in [5, 5.41) is 0. The SMILES string of the molecule is CCC(NS(=O)(=O)c1cc(Br)ccc1OC)c1ccccc1. The summed E-state index contributed by atoms with van der Waals surface area (Å²) in [6.45, 7) is 1.94. The van der Waals surface area contributed by atoms with Crippen LogP contribution in [0.15, 0.2) is 57.9 Å². The van der Waals surface area contributed by atoms with Crippen molar-refractivity contribution in [3.63, 3.8) is 0 Å². The second-order valence-corrected chi connectivity index (χ2v) is 7.39. The second-order valence-electron chi connectivity index (χ2n) is 4.79. The molecule has 4 nitrogen and oxygen atoms in total. The van der Waals surface area contributed by atoms with E-state index in [0.717, 1.165) is 5.56 Å². The lowest BCUT2D eigenvalue weighted by Crippen LogP contribution is -2.28. The summed E-state index contributed by atoms with van der Waals surface area (Å²) < 4.78 is 34.0. The van der Waals surface area contributed by atoms with Gasteiger partial charge in [0.1, 0.15) is 10.6 Å². The largest absolute Gasteiger partial charge is 0.495 e. The Morgan fingerprint density at radius 1 is 1.18 bits per heavy atom. The number of benzene rings is 2. The molecule has 0 aromatic heterocycles. The fourth-order valence-electron chi connectivity index (χ4n) is 2.18. The summed E-state index contributed by atoms with van der Waals surface area (Å²) in [6, 6.07) is 14.1. The first-order valence-electron chi connectivity index (χ1n) is 6.88. The maximum atomic E-state index is 12.7. The first-order chi connectivity index (χ1) is 10.5. The lowest BCUT2D eigenvalue weighted by Gasteiger charge is -2.18. The quantitative estimate of drug-likeness (QED) is 0.822. The molecule has 0 fully saturated rings. The molecule has 0 bridgehead atoms. The Kier molecular flexibility index (Phi) is 5.61. The van der Waals surface area contributed by atoms with E-state index < -0.39 is 10.0 Å². The van der Waals surface area contributed by atoms with E-state index in [4.69, 9.17) is 4.74 Å². The molecule has 2 aromatic rings. The van der Waals surface area contributed by atoms with Crippen LogP contribution in [0.5, 0.6) is 5.75 Å². The van der Waals surface area contributed by atoms with Crippen molar-refractivity contribution in [1.29, 1.82) is 0 Å². The predicted octanol–water partition coefficient (Wildman–Crippen LogP) is 3.89. The van der Waals surface area contributed by atoms with Crippen molar-refractivity contribution in [2.24, 2.45) is 0 Å². The number of hydrogen-bond acceptors (Lipinski definition) is 3. The summed E-state index contributed by atoms with van der Waals surface area (Å²) in [5.74, 6) is 0.318. The zero-order chi connectivity index (χ0) is 16.2. The van der Waals surface area contributed by atoms with Gasteiger partial charge in [-0.1, -0.05) is 53.2 Å². The average Bonchev–Trinajstić information content (AvgIpc) is 2.53. The Morgan fingerprint density at radius 2 is 1.86 bits per heavy atom. The van der Waals surface area contributed by atoms with Crippen LogP contribution in [-0.2, 0) is 10.0 Å². The molecule has 0 spiro atoms. The number of ether oxygens (including phenoxy) is 1. The van der Waals surface area contributed by atoms with E-state index in [9.17, 15) is 8.42 Å². The van der Waals surface area contributed by atoms with Gasteiger partial charge in [-0.05, 0) is 30.2 Å². The van der Waals surface area contributed by atoms with Gasteiger partial charge < -0.3 is 4.74 Å². The standard InChI is InChI=1S/C16H18BrNO3S/c1-3-14(12-7-5-4-6-8-12)18-22(19,20)16-11-13(17)9-10-15(16)21-2/h4-11,14,18H,3H2,1-2H3. The van der Waals surface area contributed by atoms with Crippen LogP contribution in [0.1, 0.15) is 24.9 Å². The molecule has 0 amide bonds. The molecule has 0 saturated heterocycles. The molecule has 1 N–H and O–H groups in total. The van der Waals surface area contributed by atoms with Gasteiger partial charge >= 0.3 is 0 Å². The Labute approximate surface area is 139 Å². The zero-order valence-electron chi connectivity index (χ0n) is 12.4. The topological polar surface area (TPSA) is 55.4 Å². The Balaban J connectivity index is 2.37. The van der Waals surface area contributed by atoms with Crippen LogP contribution >= 0.6 is 15.9 Å². The number of nitrogens with one attached hydrogen (secondary N) is 1. The minimum Gasteiger partial charge on any atom is -0.495 e. The van der Waals surface area contributed by atoms with Crippen molar-refractivity contribution in [1.82, 2.24) is 4.72 Å². The highest BCUT2D eigenvalue weighted by Gasteiger charge is 2.24. The maximum absolute atomic E-state index is 12.7. The smallest absolute Gasteiger partial charge is 0.244 e. The van der Waals surface area contributed by atoms with E-state index in [0.29, 0.717) is 16.6 Å². The minimum atomic E-state index is -3.69. The van der Waals surface area contributed by atoms with E-state index in [-0.39, 0.29) is 10.9 Å². The molecule has 22 heavy (non-hydrogen) atoms. The van der Waals surface area contributed by atoms with Crippen molar-refractivity contribution in [2.75, 3.05) is 7.11 Å². The molecule has 2 rings (SSSR count). The van der Waals surface area contributed by atoms with E-state index in [1.807, 2.05) is 37.3 Å². The Morgan fingerprint density at radius 3 is 2.45 bits per heavy atom. The van der Waals surface area contributed by atoms with Crippen LogP contribution in [0.3, 0.4) is 0 Å². The van der Waals surface area contributed by atoms with Crippen LogP contribution in [0.4, 0.5) is 0 Å². The molecule has 6 heteroatoms. The van der Waals surface area contributed by atoms with Gasteiger partial charge in [0.25, 0.3) is 0 Å². The molecule has 1 atom stereocenters. The normalized spacial score (nSPS) is 12.9. The molecule has 1 unspecified atom stereocenters. The zero-order valence-corrected chi connectivity index (χ0v) is 14.8. The molecule has 2 aromatic carbocycles. The first-order valence-corrected chi connectivity index (χ1v) is 9.16. The predicted molar refractivity (Wildman–Crippen MR) is 90.5 cm³/mol. The third-order valence-corrected chi connectivity index (χ3v) is 5.31. The number of methoxy groups -OCH3 is 1. The summed E-state index contributed by atoms with van der Waals surface area (Å²) in [4.78, 5) is 0.124. The highest BCUT2D eigenvalue weighted by molar-refractivity contribution is 9.10. The van der Waals surface area contributed by atoms with E-state index in [1.165, 1.54) is 7.11 Å². The second kappa shape index (κ2) is 7.26. The van der Waals surface area contributed by atoms with Gasteiger partial charge in [0.05, 0.1) is 7.11 Å². The van der Waals surface area contributed by atoms with E-state index >= 15 is 0 Å². The fraction of sp³-hybridized carbons (Fsp3) is 0.250. The van der Waals surface area contributed by atoms with Gasteiger partial charge in [-0.25, -0.2) is 13.1 Å². The van der Waals surface area contributed by atoms with Crippen molar-refractivity contribution in [3.8, 4) is 5.75 Å². The van der Waals surface area contributed by atoms with E-state index in [2.05, 4.69) is 20.7 Å². The lowest BCUT2D eigenvalue weighted by atomic mass is 10.1. The number of rotatable bonds is 6. The number of halogens is 1. The van der Waals surface area contributed by atoms with Crippen LogP contribution < -0.4 is 9.46 Å². The van der Waals surface area contributed by atoms with Crippen LogP contribution in [0, 0.1) is 0 Å². The third-order valence-electron chi connectivity index (χ3n) is 3.32. The van der Waals surface area contributed by atoms with Crippen LogP contribution in [0.2, 0.25) is 0 Å². The molecule has 0 saturated carbocycles. The Hall–Kier alpha value is -1.37. The van der Waals surface area contributed by atoms with Gasteiger partial charge in [-0.15, -0.1) is 0 Å². The summed E-state index contributed by atoms with van der Waals surface area (Å²) in [6.07, 6.45) is 0.652. The van der Waals surface area contributed by atoms with Gasteiger partial charge in [0.15, 0.2) is 0 Å². The summed E-state index contributed by atoms with van der Waals surface area (Å²) >= 11 is 3.30. The highest BCUT2D eigenvalue weighted by atomic mass is 79.9. The summed E-state index contributed by atoms with van der Waals surface area (Å²) in [5.41, 5.74) is 0.933. The molecule has 0 heterocycles. The van der Waals surface area contributed by atoms with Crippen LogP contribution in [0.25, 0.3) is 0 Å². The molecule has 0 aliphatic rings. The molecule has 0 aliphatic carbocycles. The number of sulfonamides is 1. The molecular weight excluding hydrogens is 366 g/mol. The molecule has 0 radical (unpaired) electrons. The monoisotopic (exact) mass is 383 g/mol.